The third-order valence-corrected chi connectivity index (χ3v) is 4.10. The van der Waals surface area contributed by atoms with Crippen molar-refractivity contribution in [1.82, 2.24) is 5.32 Å². The lowest BCUT2D eigenvalue weighted by molar-refractivity contribution is 0.252. The fourth-order valence-corrected chi connectivity index (χ4v) is 2.84. The van der Waals surface area contributed by atoms with Gasteiger partial charge in [-0.2, -0.15) is 0 Å². The fourth-order valence-electron chi connectivity index (χ4n) is 2.84. The Balaban J connectivity index is 1.94. The van der Waals surface area contributed by atoms with Crippen molar-refractivity contribution in [3.63, 3.8) is 0 Å². The van der Waals surface area contributed by atoms with E-state index >= 15 is 0 Å². The van der Waals surface area contributed by atoms with Gasteiger partial charge < -0.3 is 5.32 Å². The summed E-state index contributed by atoms with van der Waals surface area (Å²) >= 11 is 0. The van der Waals surface area contributed by atoms with Gasteiger partial charge in [0, 0.05) is 6.54 Å². The first-order valence-electron chi connectivity index (χ1n) is 7.35. The number of nitrogens with one attached hydrogen (secondary N) is 1. The molecule has 0 heterocycles. The van der Waals surface area contributed by atoms with Gasteiger partial charge in [-0.3, -0.25) is 0 Å². The third kappa shape index (κ3) is 3.84. The lowest BCUT2D eigenvalue weighted by Gasteiger charge is -2.31. The van der Waals surface area contributed by atoms with Crippen molar-refractivity contribution >= 4 is 0 Å². The van der Waals surface area contributed by atoms with E-state index < -0.39 is 0 Å². The topological polar surface area (TPSA) is 12.0 Å². The van der Waals surface area contributed by atoms with Gasteiger partial charge in [0.15, 0.2) is 0 Å². The monoisotopic (exact) mass is 245 g/mol. The Morgan fingerprint density at radius 3 is 2.44 bits per heavy atom. The minimum absolute atomic E-state index is 0.441. The maximum atomic E-state index is 3.67. The van der Waals surface area contributed by atoms with E-state index in [0.717, 1.165) is 24.9 Å². The first-order valence-corrected chi connectivity index (χ1v) is 7.35. The van der Waals surface area contributed by atoms with Crippen LogP contribution in [-0.4, -0.2) is 13.1 Å². The average Bonchev–Trinajstić information content (AvgIpc) is 3.13. The Morgan fingerprint density at radius 2 is 1.89 bits per heavy atom. The van der Waals surface area contributed by atoms with E-state index in [4.69, 9.17) is 0 Å². The van der Waals surface area contributed by atoms with E-state index in [0.29, 0.717) is 5.41 Å². The van der Waals surface area contributed by atoms with E-state index in [9.17, 15) is 0 Å². The van der Waals surface area contributed by atoms with Crippen LogP contribution in [-0.2, 0) is 6.42 Å². The number of rotatable bonds is 7. The highest BCUT2D eigenvalue weighted by Gasteiger charge is 2.40. The Labute approximate surface area is 112 Å². The van der Waals surface area contributed by atoms with Crippen LogP contribution >= 0.6 is 0 Å². The second-order valence-corrected chi connectivity index (χ2v) is 6.62. The maximum Gasteiger partial charge on any atom is 0.00111 e. The van der Waals surface area contributed by atoms with Gasteiger partial charge in [0.25, 0.3) is 0 Å². The molecule has 0 amide bonds. The largest absolute Gasteiger partial charge is 0.316 e. The van der Waals surface area contributed by atoms with Gasteiger partial charge >= 0.3 is 0 Å². The second-order valence-electron chi connectivity index (χ2n) is 6.62. The molecule has 1 aromatic carbocycles. The summed E-state index contributed by atoms with van der Waals surface area (Å²) < 4.78 is 0. The van der Waals surface area contributed by atoms with Gasteiger partial charge in [-0.1, -0.05) is 51.1 Å². The summed E-state index contributed by atoms with van der Waals surface area (Å²) in [5.41, 5.74) is 1.93. The van der Waals surface area contributed by atoms with Crippen LogP contribution in [0.25, 0.3) is 0 Å². The molecule has 1 nitrogen and oxygen atoms in total. The second kappa shape index (κ2) is 5.88. The molecule has 1 unspecified atom stereocenters. The minimum Gasteiger partial charge on any atom is -0.316 e. The van der Waals surface area contributed by atoms with E-state index in [1.807, 2.05) is 0 Å². The predicted molar refractivity (Wildman–Crippen MR) is 78.7 cm³/mol. The van der Waals surface area contributed by atoms with Gasteiger partial charge in [-0.15, -0.1) is 0 Å². The van der Waals surface area contributed by atoms with Gasteiger partial charge in [0.1, 0.15) is 0 Å². The van der Waals surface area contributed by atoms with Gasteiger partial charge in [0.05, 0.1) is 0 Å². The first kappa shape index (κ1) is 13.6. The summed E-state index contributed by atoms with van der Waals surface area (Å²) in [7, 11) is 0. The molecule has 1 atom stereocenters. The molecule has 0 saturated heterocycles. The summed E-state index contributed by atoms with van der Waals surface area (Å²) in [6, 6.07) is 11.0. The van der Waals surface area contributed by atoms with Gasteiger partial charge in [-0.05, 0) is 48.6 Å². The zero-order valence-electron chi connectivity index (χ0n) is 12.1. The van der Waals surface area contributed by atoms with Crippen LogP contribution in [0.4, 0.5) is 0 Å². The van der Waals surface area contributed by atoms with Crippen LogP contribution < -0.4 is 5.32 Å². The molecule has 100 valence electrons. The molecule has 1 saturated carbocycles. The zero-order valence-corrected chi connectivity index (χ0v) is 12.1. The van der Waals surface area contributed by atoms with Crippen LogP contribution in [0.15, 0.2) is 30.3 Å². The number of benzene rings is 1. The summed E-state index contributed by atoms with van der Waals surface area (Å²) in [4.78, 5) is 0. The van der Waals surface area contributed by atoms with Crippen LogP contribution in [0.1, 0.15) is 39.2 Å². The van der Waals surface area contributed by atoms with E-state index in [2.05, 4.69) is 56.4 Å². The molecule has 0 aromatic heterocycles. The Kier molecular flexibility index (Phi) is 4.45. The highest BCUT2D eigenvalue weighted by molar-refractivity contribution is 5.17. The van der Waals surface area contributed by atoms with Gasteiger partial charge in [-0.25, -0.2) is 0 Å². The van der Waals surface area contributed by atoms with Crippen molar-refractivity contribution in [1.29, 1.82) is 0 Å². The Hall–Kier alpha value is -0.820. The lowest BCUT2D eigenvalue weighted by atomic mass is 9.79. The quantitative estimate of drug-likeness (QED) is 0.768. The highest BCUT2D eigenvalue weighted by atomic mass is 14.9. The minimum atomic E-state index is 0.441. The molecule has 18 heavy (non-hydrogen) atoms. The predicted octanol–water partition coefficient (Wildman–Crippen LogP) is 3.89. The van der Waals surface area contributed by atoms with Crippen LogP contribution in [0, 0.1) is 17.3 Å². The van der Waals surface area contributed by atoms with E-state index in [-0.39, 0.29) is 0 Å². The van der Waals surface area contributed by atoms with Crippen molar-refractivity contribution < 1.29 is 0 Å². The molecule has 1 aliphatic rings. The summed E-state index contributed by atoms with van der Waals surface area (Å²) in [5, 5.41) is 3.67. The van der Waals surface area contributed by atoms with E-state index in [1.165, 1.54) is 24.8 Å². The third-order valence-electron chi connectivity index (χ3n) is 4.10. The molecule has 1 aliphatic carbocycles. The van der Waals surface area contributed by atoms with Gasteiger partial charge in [0.2, 0.25) is 0 Å². The molecule has 0 spiro atoms. The molecule has 2 rings (SSSR count). The Bertz CT molecular complexity index is 353. The fraction of sp³-hybridized carbons (Fsp3) is 0.647. The number of hydrogen-bond acceptors (Lipinski definition) is 1. The molecule has 0 aliphatic heterocycles. The molecule has 0 bridgehead atoms. The lowest BCUT2D eigenvalue weighted by Crippen LogP contribution is -2.37. The van der Waals surface area contributed by atoms with Crippen LogP contribution in [0.2, 0.25) is 0 Å². The normalized spacial score (nSPS) is 18.9. The first-order chi connectivity index (χ1) is 8.60. The molecular weight excluding hydrogens is 218 g/mol. The van der Waals surface area contributed by atoms with Crippen molar-refractivity contribution in [3.05, 3.63) is 35.9 Å². The van der Waals surface area contributed by atoms with Crippen molar-refractivity contribution in [3.8, 4) is 0 Å². The van der Waals surface area contributed by atoms with Crippen LogP contribution in [0.5, 0.6) is 0 Å². The molecule has 1 N–H and O–H groups in total. The standard InChI is InChI=1S/C17H27N/c1-14(2)12-18-13-17(3,16-9-10-16)11-15-7-5-4-6-8-15/h4-8,14,16,18H,9-13H2,1-3H3. The van der Waals surface area contributed by atoms with Crippen LogP contribution in [0.3, 0.4) is 0 Å². The zero-order chi connectivity index (χ0) is 13.0. The summed E-state index contributed by atoms with van der Waals surface area (Å²) in [5.74, 6) is 1.67. The average molecular weight is 245 g/mol. The van der Waals surface area contributed by atoms with Crippen molar-refractivity contribution in [2.75, 3.05) is 13.1 Å². The molecule has 0 radical (unpaired) electrons. The SMILES string of the molecule is CC(C)CNCC(C)(Cc1ccccc1)C1CC1. The summed E-state index contributed by atoms with van der Waals surface area (Å²) in [6.45, 7) is 9.31. The van der Waals surface area contributed by atoms with Crippen molar-refractivity contribution in [2.45, 2.75) is 40.0 Å². The van der Waals surface area contributed by atoms with E-state index in [1.54, 1.807) is 0 Å². The highest BCUT2D eigenvalue weighted by Crippen LogP contribution is 2.47. The summed E-state index contributed by atoms with van der Waals surface area (Å²) in [6.07, 6.45) is 4.06. The molecule has 1 aromatic rings. The molecule has 1 fully saturated rings. The number of hydrogen-bond donors (Lipinski definition) is 1. The molecular formula is C17H27N. The van der Waals surface area contributed by atoms with Crippen molar-refractivity contribution in [2.24, 2.45) is 17.3 Å². The Morgan fingerprint density at radius 1 is 1.22 bits per heavy atom. The smallest absolute Gasteiger partial charge is 0.00111 e. The molecule has 1 heteroatoms. The maximum absolute atomic E-state index is 3.67.